The van der Waals surface area contributed by atoms with Crippen LogP contribution in [0.5, 0.6) is 0 Å². The number of carbonyl (C=O) groups is 1. The van der Waals surface area contributed by atoms with Gasteiger partial charge in [-0.2, -0.15) is 0 Å². The van der Waals surface area contributed by atoms with Gasteiger partial charge < -0.3 is 10.6 Å². The number of hydrogen-bond acceptors (Lipinski definition) is 4. The first kappa shape index (κ1) is 16.6. The molecule has 1 aromatic carbocycles. The fourth-order valence-electron chi connectivity index (χ4n) is 1.72. The Bertz CT molecular complexity index is 565. The number of carbonyl (C=O) groups excluding carboxylic acids is 1. The van der Waals surface area contributed by atoms with Crippen LogP contribution in [-0.2, 0) is 21.4 Å². The van der Waals surface area contributed by atoms with Crippen LogP contribution in [0, 0.1) is 0 Å². The van der Waals surface area contributed by atoms with Crippen LogP contribution in [0.25, 0.3) is 0 Å². The van der Waals surface area contributed by atoms with E-state index >= 15 is 0 Å². The summed E-state index contributed by atoms with van der Waals surface area (Å²) in [7, 11) is -3.68. The van der Waals surface area contributed by atoms with Crippen molar-refractivity contribution in [2.45, 2.75) is 37.8 Å². The molecule has 1 rings (SSSR count). The van der Waals surface area contributed by atoms with Crippen molar-refractivity contribution in [1.29, 1.82) is 0 Å². The van der Waals surface area contributed by atoms with Gasteiger partial charge in [-0.3, -0.25) is 4.79 Å². The smallest absolute Gasteiger partial charge is 0.239 e. The van der Waals surface area contributed by atoms with Gasteiger partial charge in [0, 0.05) is 6.54 Å². The normalized spacial score (nSPS) is 12.2. The van der Waals surface area contributed by atoms with E-state index in [0.717, 1.165) is 5.56 Å². The SMILES string of the molecule is CCNC(C)(C)C(=O)NCc1ccc(S(N)(=O)=O)cc1. The molecule has 1 amide bonds. The van der Waals surface area contributed by atoms with Crippen LogP contribution >= 0.6 is 0 Å². The van der Waals surface area contributed by atoms with Gasteiger partial charge in [-0.1, -0.05) is 19.1 Å². The van der Waals surface area contributed by atoms with Gasteiger partial charge in [0.05, 0.1) is 10.4 Å². The van der Waals surface area contributed by atoms with Crippen LogP contribution in [0.4, 0.5) is 0 Å². The van der Waals surface area contributed by atoms with Crippen LogP contribution in [0.2, 0.25) is 0 Å². The maximum atomic E-state index is 12.0. The molecule has 0 spiro atoms. The van der Waals surface area contributed by atoms with Gasteiger partial charge >= 0.3 is 0 Å². The molecule has 0 heterocycles. The molecule has 20 heavy (non-hydrogen) atoms. The highest BCUT2D eigenvalue weighted by Gasteiger charge is 2.25. The number of hydrogen-bond donors (Lipinski definition) is 3. The molecule has 112 valence electrons. The van der Waals surface area contributed by atoms with Crippen molar-refractivity contribution in [3.05, 3.63) is 29.8 Å². The van der Waals surface area contributed by atoms with Crippen molar-refractivity contribution >= 4 is 15.9 Å². The fourth-order valence-corrected chi connectivity index (χ4v) is 2.24. The van der Waals surface area contributed by atoms with E-state index in [1.54, 1.807) is 26.0 Å². The summed E-state index contributed by atoms with van der Waals surface area (Å²) in [6.45, 7) is 6.56. The lowest BCUT2D eigenvalue weighted by Crippen LogP contribution is -2.52. The number of likely N-dealkylation sites (N-methyl/N-ethyl adjacent to an activating group) is 1. The summed E-state index contributed by atoms with van der Waals surface area (Å²) in [4.78, 5) is 12.0. The lowest BCUT2D eigenvalue weighted by atomic mass is 10.0. The second-order valence-electron chi connectivity index (χ2n) is 5.03. The molecule has 0 bridgehead atoms. The largest absolute Gasteiger partial charge is 0.350 e. The zero-order chi connectivity index (χ0) is 15.4. The van der Waals surface area contributed by atoms with Crippen molar-refractivity contribution in [1.82, 2.24) is 10.6 Å². The van der Waals surface area contributed by atoms with Crippen molar-refractivity contribution in [2.75, 3.05) is 6.54 Å². The Balaban J connectivity index is 2.65. The molecule has 7 heteroatoms. The number of benzene rings is 1. The molecular formula is C13H21N3O3S. The zero-order valence-corrected chi connectivity index (χ0v) is 12.8. The van der Waals surface area contributed by atoms with Crippen LogP contribution < -0.4 is 15.8 Å². The van der Waals surface area contributed by atoms with Crippen molar-refractivity contribution in [3.8, 4) is 0 Å². The monoisotopic (exact) mass is 299 g/mol. The highest BCUT2D eigenvalue weighted by atomic mass is 32.2. The number of amides is 1. The third-order valence-corrected chi connectivity index (χ3v) is 3.82. The zero-order valence-electron chi connectivity index (χ0n) is 11.9. The van der Waals surface area contributed by atoms with E-state index in [0.29, 0.717) is 13.1 Å². The Morgan fingerprint density at radius 1 is 1.25 bits per heavy atom. The maximum absolute atomic E-state index is 12.0. The minimum absolute atomic E-state index is 0.0561. The van der Waals surface area contributed by atoms with Crippen molar-refractivity contribution in [3.63, 3.8) is 0 Å². The summed E-state index contributed by atoms with van der Waals surface area (Å²) in [5.74, 6) is -0.116. The highest BCUT2D eigenvalue weighted by molar-refractivity contribution is 7.89. The van der Waals surface area contributed by atoms with Gasteiger partial charge in [-0.15, -0.1) is 0 Å². The number of nitrogens with two attached hydrogens (primary N) is 1. The first-order valence-electron chi connectivity index (χ1n) is 6.32. The second kappa shape index (κ2) is 6.34. The second-order valence-corrected chi connectivity index (χ2v) is 6.59. The van der Waals surface area contributed by atoms with E-state index < -0.39 is 15.6 Å². The highest BCUT2D eigenvalue weighted by Crippen LogP contribution is 2.09. The molecule has 0 aromatic heterocycles. The summed E-state index contributed by atoms with van der Waals surface area (Å²) in [6, 6.07) is 6.10. The Hall–Kier alpha value is -1.44. The molecule has 0 atom stereocenters. The van der Waals surface area contributed by atoms with E-state index in [4.69, 9.17) is 5.14 Å². The lowest BCUT2D eigenvalue weighted by molar-refractivity contribution is -0.126. The number of primary sulfonamides is 1. The predicted molar refractivity (Wildman–Crippen MR) is 77.4 cm³/mol. The third-order valence-electron chi connectivity index (χ3n) is 2.89. The lowest BCUT2D eigenvalue weighted by Gasteiger charge is -2.24. The van der Waals surface area contributed by atoms with Crippen molar-refractivity contribution < 1.29 is 13.2 Å². The first-order chi connectivity index (χ1) is 9.16. The molecule has 4 N–H and O–H groups in total. The number of rotatable bonds is 6. The molecule has 6 nitrogen and oxygen atoms in total. The first-order valence-corrected chi connectivity index (χ1v) is 7.86. The minimum atomic E-state index is -3.68. The third kappa shape index (κ3) is 4.59. The van der Waals surface area contributed by atoms with E-state index in [2.05, 4.69) is 10.6 Å². The number of sulfonamides is 1. The minimum Gasteiger partial charge on any atom is -0.350 e. The van der Waals surface area contributed by atoms with E-state index in [1.807, 2.05) is 6.92 Å². The Morgan fingerprint density at radius 2 is 1.80 bits per heavy atom. The molecular weight excluding hydrogens is 278 g/mol. The van der Waals surface area contributed by atoms with Crippen LogP contribution in [0.15, 0.2) is 29.2 Å². The summed E-state index contributed by atoms with van der Waals surface area (Å²) in [5.41, 5.74) is 0.160. The maximum Gasteiger partial charge on any atom is 0.239 e. The molecule has 0 unspecified atom stereocenters. The Labute approximate surface area is 119 Å². The molecule has 0 saturated heterocycles. The van der Waals surface area contributed by atoms with E-state index in [9.17, 15) is 13.2 Å². The van der Waals surface area contributed by atoms with Gasteiger partial charge in [-0.05, 0) is 38.1 Å². The van der Waals surface area contributed by atoms with Gasteiger partial charge in [0.25, 0.3) is 0 Å². The van der Waals surface area contributed by atoms with Gasteiger partial charge in [0.2, 0.25) is 15.9 Å². The average Bonchev–Trinajstić information content (AvgIpc) is 2.35. The Morgan fingerprint density at radius 3 is 2.25 bits per heavy atom. The fraction of sp³-hybridized carbons (Fsp3) is 0.462. The molecule has 0 saturated carbocycles. The molecule has 0 fully saturated rings. The van der Waals surface area contributed by atoms with Gasteiger partial charge in [-0.25, -0.2) is 13.6 Å². The average molecular weight is 299 g/mol. The standard InChI is InChI=1S/C13H21N3O3S/c1-4-16-13(2,3)12(17)15-9-10-5-7-11(8-6-10)20(14,18)19/h5-8,16H,4,9H2,1-3H3,(H,15,17)(H2,14,18,19). The van der Waals surface area contributed by atoms with Gasteiger partial charge in [0.15, 0.2) is 0 Å². The van der Waals surface area contributed by atoms with Crippen molar-refractivity contribution in [2.24, 2.45) is 5.14 Å². The predicted octanol–water partition coefficient (Wildman–Crippen LogP) is 0.338. The molecule has 0 aliphatic carbocycles. The Kier molecular flexibility index (Phi) is 5.27. The molecule has 0 radical (unpaired) electrons. The summed E-state index contributed by atoms with van der Waals surface area (Å²) in [5, 5.41) is 10.9. The van der Waals surface area contributed by atoms with Crippen LogP contribution in [-0.4, -0.2) is 26.4 Å². The topological polar surface area (TPSA) is 101 Å². The summed E-state index contributed by atoms with van der Waals surface area (Å²) in [6.07, 6.45) is 0. The quantitative estimate of drug-likeness (QED) is 0.705. The summed E-state index contributed by atoms with van der Waals surface area (Å²) >= 11 is 0. The summed E-state index contributed by atoms with van der Waals surface area (Å²) < 4.78 is 22.2. The van der Waals surface area contributed by atoms with Crippen LogP contribution in [0.1, 0.15) is 26.3 Å². The number of nitrogens with one attached hydrogen (secondary N) is 2. The molecule has 1 aromatic rings. The van der Waals surface area contributed by atoms with Crippen LogP contribution in [0.3, 0.4) is 0 Å². The van der Waals surface area contributed by atoms with E-state index in [-0.39, 0.29) is 10.8 Å². The van der Waals surface area contributed by atoms with E-state index in [1.165, 1.54) is 12.1 Å². The van der Waals surface area contributed by atoms with Gasteiger partial charge in [0.1, 0.15) is 0 Å². The molecule has 0 aliphatic heterocycles. The molecule has 0 aliphatic rings.